The minimum absolute atomic E-state index is 0.0564. The smallest absolute Gasteiger partial charge is 0.418 e. The van der Waals surface area contributed by atoms with Gasteiger partial charge in [0.1, 0.15) is 17.4 Å². The molecule has 1 unspecified atom stereocenters. The molecule has 2 N–H and O–H groups in total. The molecule has 3 heterocycles. The monoisotopic (exact) mass is 550 g/mol. The highest BCUT2D eigenvalue weighted by molar-refractivity contribution is 7.92. The first-order valence-corrected chi connectivity index (χ1v) is 13.3. The van der Waals surface area contributed by atoms with Crippen molar-refractivity contribution in [2.24, 2.45) is 5.92 Å². The molecule has 38 heavy (non-hydrogen) atoms. The fraction of sp³-hybridized carbons (Fsp3) is 0.320. The Balaban J connectivity index is 1.67. The highest BCUT2D eigenvalue weighted by Crippen LogP contribution is 2.40. The minimum Gasteiger partial charge on any atom is -0.493 e. The number of benzene rings is 1. The lowest BCUT2D eigenvalue weighted by Crippen LogP contribution is -2.39. The quantitative estimate of drug-likeness (QED) is 0.415. The number of carboxylic acid groups (broad SMARTS) is 1. The van der Waals surface area contributed by atoms with Crippen LogP contribution in [0, 0.1) is 5.92 Å². The van der Waals surface area contributed by atoms with Gasteiger partial charge in [-0.25, -0.2) is 9.97 Å². The molecule has 202 valence electrons. The molecule has 0 bridgehead atoms. The molecule has 1 aliphatic rings. The van der Waals surface area contributed by atoms with Crippen molar-refractivity contribution in [2.75, 3.05) is 29.3 Å². The number of para-hydroxylation sites is 1. The fourth-order valence-corrected chi connectivity index (χ4v) is 5.17. The number of rotatable bonds is 8. The number of aliphatic carboxylic acids is 1. The topological polar surface area (TPSA) is 122 Å². The highest BCUT2D eigenvalue weighted by Gasteiger charge is 2.36. The van der Waals surface area contributed by atoms with Crippen LogP contribution in [-0.2, 0) is 21.0 Å². The molecule has 0 amide bonds. The Hall–Kier alpha value is -3.87. The number of ether oxygens (including phenoxy) is 1. The average Bonchev–Trinajstić information content (AvgIpc) is 2.88. The lowest BCUT2D eigenvalue weighted by molar-refractivity contribution is -0.142. The first-order valence-electron chi connectivity index (χ1n) is 11.8. The molecule has 1 atom stereocenters. The summed E-state index contributed by atoms with van der Waals surface area (Å²) >= 11 is 0. The molecule has 1 aliphatic heterocycles. The number of anilines is 2. The lowest BCUT2D eigenvalue weighted by Gasteiger charge is -2.31. The molecule has 1 saturated heterocycles. The molecule has 1 fully saturated rings. The number of carbonyl (C=O) groups is 1. The van der Waals surface area contributed by atoms with Crippen LogP contribution < -0.4 is 14.4 Å². The van der Waals surface area contributed by atoms with Crippen LogP contribution in [0.3, 0.4) is 0 Å². The molecule has 13 heteroatoms. The molecule has 0 aliphatic carbocycles. The van der Waals surface area contributed by atoms with Crippen molar-refractivity contribution in [3.63, 3.8) is 0 Å². The van der Waals surface area contributed by atoms with Crippen LogP contribution in [0.5, 0.6) is 5.75 Å². The number of nitrogens with one attached hydrogen (secondary N) is 1. The van der Waals surface area contributed by atoms with Gasteiger partial charge in [0, 0.05) is 18.7 Å². The van der Waals surface area contributed by atoms with E-state index >= 15 is 0 Å². The first-order chi connectivity index (χ1) is 18.0. The number of hydrogen-bond donors (Lipinski definition) is 2. The second-order valence-corrected chi connectivity index (χ2v) is 10.2. The van der Waals surface area contributed by atoms with Gasteiger partial charge in [0.15, 0.2) is 5.03 Å². The number of piperidine rings is 1. The van der Waals surface area contributed by atoms with E-state index in [-0.39, 0.29) is 41.1 Å². The Morgan fingerprint density at radius 2 is 1.89 bits per heavy atom. The summed E-state index contributed by atoms with van der Waals surface area (Å²) in [6, 6.07) is 12.0. The SMILES string of the molecule is CCOc1ccccc1-c1nc(NS(=O)(=O)c2cccc(N3CCCC(C(=O)O)C3)n2)ccc1C(F)(F)F. The van der Waals surface area contributed by atoms with Crippen LogP contribution in [0.4, 0.5) is 24.8 Å². The number of alkyl halides is 3. The van der Waals surface area contributed by atoms with E-state index in [1.165, 1.54) is 30.3 Å². The van der Waals surface area contributed by atoms with Gasteiger partial charge in [0.05, 0.1) is 23.8 Å². The number of pyridine rings is 2. The number of aromatic nitrogens is 2. The van der Waals surface area contributed by atoms with Crippen molar-refractivity contribution in [3.05, 3.63) is 60.2 Å². The van der Waals surface area contributed by atoms with E-state index in [4.69, 9.17) is 4.74 Å². The second kappa shape index (κ2) is 10.9. The maximum atomic E-state index is 13.8. The van der Waals surface area contributed by atoms with Gasteiger partial charge < -0.3 is 14.7 Å². The van der Waals surface area contributed by atoms with Gasteiger partial charge in [-0.1, -0.05) is 18.2 Å². The summed E-state index contributed by atoms with van der Waals surface area (Å²) in [7, 11) is -4.35. The fourth-order valence-electron chi connectivity index (χ4n) is 4.20. The maximum Gasteiger partial charge on any atom is 0.418 e. The van der Waals surface area contributed by atoms with E-state index in [1.54, 1.807) is 24.0 Å². The summed E-state index contributed by atoms with van der Waals surface area (Å²) in [5, 5.41) is 8.95. The molecule has 4 rings (SSSR count). The van der Waals surface area contributed by atoms with E-state index < -0.39 is 39.3 Å². The zero-order valence-electron chi connectivity index (χ0n) is 20.3. The predicted octanol–water partition coefficient (Wildman–Crippen LogP) is 4.66. The average molecular weight is 551 g/mol. The third-order valence-corrected chi connectivity index (χ3v) is 7.22. The number of halogens is 3. The zero-order chi connectivity index (χ0) is 27.5. The molecule has 3 aromatic rings. The second-order valence-electron chi connectivity index (χ2n) is 8.58. The van der Waals surface area contributed by atoms with Gasteiger partial charge in [-0.15, -0.1) is 0 Å². The summed E-state index contributed by atoms with van der Waals surface area (Å²) < 4.78 is 75.4. The van der Waals surface area contributed by atoms with E-state index in [0.717, 1.165) is 12.1 Å². The molecule has 0 radical (unpaired) electrons. The molecule has 0 saturated carbocycles. The molecule has 1 aromatic carbocycles. The predicted molar refractivity (Wildman–Crippen MR) is 133 cm³/mol. The summed E-state index contributed by atoms with van der Waals surface area (Å²) in [5.74, 6) is -1.42. The van der Waals surface area contributed by atoms with Crippen molar-refractivity contribution in [3.8, 4) is 17.0 Å². The summed E-state index contributed by atoms with van der Waals surface area (Å²) in [6.45, 7) is 2.59. The number of hydrogen-bond acceptors (Lipinski definition) is 7. The van der Waals surface area contributed by atoms with Crippen LogP contribution in [0.15, 0.2) is 59.6 Å². The molecule has 2 aromatic heterocycles. The van der Waals surface area contributed by atoms with E-state index in [1.807, 2.05) is 0 Å². The van der Waals surface area contributed by atoms with Crippen molar-refractivity contribution >= 4 is 27.6 Å². The van der Waals surface area contributed by atoms with Crippen LogP contribution in [0.1, 0.15) is 25.3 Å². The first kappa shape index (κ1) is 27.2. The number of carboxylic acids is 1. The van der Waals surface area contributed by atoms with Crippen molar-refractivity contribution in [1.29, 1.82) is 0 Å². The van der Waals surface area contributed by atoms with Gasteiger partial charge in [0.25, 0.3) is 10.0 Å². The van der Waals surface area contributed by atoms with Gasteiger partial charge in [-0.05, 0) is 56.2 Å². The zero-order valence-corrected chi connectivity index (χ0v) is 21.1. The van der Waals surface area contributed by atoms with Gasteiger partial charge in [0.2, 0.25) is 0 Å². The molecule has 9 nitrogen and oxygen atoms in total. The van der Waals surface area contributed by atoms with E-state index in [9.17, 15) is 31.5 Å². The van der Waals surface area contributed by atoms with Crippen LogP contribution in [0.25, 0.3) is 11.3 Å². The Labute approximate surface area is 217 Å². The summed E-state index contributed by atoms with van der Waals surface area (Å²) in [6.07, 6.45) is -3.63. The van der Waals surface area contributed by atoms with Crippen LogP contribution >= 0.6 is 0 Å². The molecule has 0 spiro atoms. The van der Waals surface area contributed by atoms with Crippen LogP contribution in [0.2, 0.25) is 0 Å². The molecular formula is C25H25F3N4O5S. The van der Waals surface area contributed by atoms with Gasteiger partial charge >= 0.3 is 12.1 Å². The van der Waals surface area contributed by atoms with Crippen molar-refractivity contribution < 1.29 is 36.2 Å². The summed E-state index contributed by atoms with van der Waals surface area (Å²) in [4.78, 5) is 21.3. The molecular weight excluding hydrogens is 525 g/mol. The number of nitrogens with zero attached hydrogens (tertiary/aromatic N) is 3. The Morgan fingerprint density at radius 3 is 2.61 bits per heavy atom. The van der Waals surface area contributed by atoms with E-state index in [0.29, 0.717) is 19.4 Å². The van der Waals surface area contributed by atoms with Gasteiger partial charge in [-0.3, -0.25) is 9.52 Å². The largest absolute Gasteiger partial charge is 0.493 e. The maximum absolute atomic E-state index is 13.8. The third kappa shape index (κ3) is 5.98. The van der Waals surface area contributed by atoms with Gasteiger partial charge in [-0.2, -0.15) is 21.6 Å². The van der Waals surface area contributed by atoms with Crippen molar-refractivity contribution in [2.45, 2.75) is 31.0 Å². The standard InChI is InChI=1S/C25H25F3N4O5S/c1-2-37-19-9-4-3-8-17(19)23-18(25(26,27)28)12-13-20(29-23)31-38(35,36)22-11-5-10-21(30-22)32-14-6-7-16(15-32)24(33)34/h3-5,8-13,16H,2,6-7,14-15H2,1H3,(H,29,31)(H,33,34). The minimum atomic E-state index is -4.75. The van der Waals surface area contributed by atoms with Crippen molar-refractivity contribution in [1.82, 2.24) is 9.97 Å². The number of sulfonamides is 1. The highest BCUT2D eigenvalue weighted by atomic mass is 32.2. The Morgan fingerprint density at radius 1 is 1.13 bits per heavy atom. The van der Waals surface area contributed by atoms with E-state index in [2.05, 4.69) is 14.7 Å². The Kier molecular flexibility index (Phi) is 7.76. The Bertz CT molecular complexity index is 1430. The normalized spacial score (nSPS) is 16.2. The lowest BCUT2D eigenvalue weighted by atomic mass is 9.98. The van der Waals surface area contributed by atoms with Crippen LogP contribution in [-0.4, -0.2) is 49.2 Å². The third-order valence-electron chi connectivity index (χ3n) is 5.96. The summed E-state index contributed by atoms with van der Waals surface area (Å²) in [5.41, 5.74) is -1.48.